The number of aliphatic hydroxyl groups excluding tert-OH is 1. The van der Waals surface area contributed by atoms with Gasteiger partial charge in [0.15, 0.2) is 0 Å². The Kier molecular flexibility index (Phi) is 4.91. The highest BCUT2D eigenvalue weighted by atomic mass is 16.4. The zero-order valence-corrected chi connectivity index (χ0v) is 16.8. The number of carboxylic acids is 1. The van der Waals surface area contributed by atoms with Crippen molar-refractivity contribution in [2.75, 3.05) is 0 Å². The molecule has 4 aliphatic rings. The lowest BCUT2D eigenvalue weighted by Crippen LogP contribution is -2.57. The zero-order valence-electron chi connectivity index (χ0n) is 16.8. The lowest BCUT2D eigenvalue weighted by atomic mass is 9.44. The highest BCUT2D eigenvalue weighted by Crippen LogP contribution is 2.67. The molecule has 0 heterocycles. The lowest BCUT2D eigenvalue weighted by molar-refractivity contribution is -0.162. The fraction of sp³-hybridized carbons (Fsp3) is 0.957. The van der Waals surface area contributed by atoms with Crippen molar-refractivity contribution < 1.29 is 15.0 Å². The lowest BCUT2D eigenvalue weighted by Gasteiger charge is -2.62. The molecule has 26 heavy (non-hydrogen) atoms. The van der Waals surface area contributed by atoms with Crippen molar-refractivity contribution >= 4 is 5.97 Å². The van der Waals surface area contributed by atoms with E-state index >= 15 is 0 Å². The molecule has 3 nitrogen and oxygen atoms in total. The van der Waals surface area contributed by atoms with Crippen molar-refractivity contribution in [3.63, 3.8) is 0 Å². The number of carboxylic acid groups (broad SMARTS) is 1. The van der Waals surface area contributed by atoms with Crippen molar-refractivity contribution in [3.05, 3.63) is 0 Å². The molecule has 0 radical (unpaired) electrons. The predicted molar refractivity (Wildman–Crippen MR) is 103 cm³/mol. The molecule has 0 bridgehead atoms. The van der Waals surface area contributed by atoms with Crippen LogP contribution in [0.2, 0.25) is 0 Å². The molecule has 2 N–H and O–H groups in total. The molecule has 0 aliphatic heterocycles. The average Bonchev–Trinajstić information content (AvgIpc) is 2.92. The van der Waals surface area contributed by atoms with Gasteiger partial charge in [-0.2, -0.15) is 0 Å². The molecular formula is C23H38O3. The summed E-state index contributed by atoms with van der Waals surface area (Å²) in [7, 11) is 0. The fourth-order valence-corrected chi connectivity index (χ4v) is 8.34. The summed E-state index contributed by atoms with van der Waals surface area (Å²) in [5, 5.41) is 20.2. The Labute approximate surface area is 158 Å². The largest absolute Gasteiger partial charge is 0.481 e. The number of hydrogen-bond donors (Lipinski definition) is 2. The Morgan fingerprint density at radius 1 is 1.00 bits per heavy atom. The second kappa shape index (κ2) is 6.79. The standard InChI is InChI=1S/C23H38O3/c1-22-12-4-3-6-16(22)14-19(24)21-17-10-9-15(7-5-8-20(25)26)23(17,2)13-11-18(21)22/h15-19,21,24H,3-14H2,1-2H3,(H,25,26)/t15?,16-,17?,18?,19-,21-,22-,23+/m0/s1. The van der Waals surface area contributed by atoms with Crippen LogP contribution in [0.4, 0.5) is 0 Å². The summed E-state index contributed by atoms with van der Waals surface area (Å²) in [4.78, 5) is 10.9. The van der Waals surface area contributed by atoms with Crippen LogP contribution in [-0.2, 0) is 4.79 Å². The number of rotatable bonds is 4. The van der Waals surface area contributed by atoms with Gasteiger partial charge in [-0.3, -0.25) is 4.79 Å². The molecule has 0 aromatic rings. The summed E-state index contributed by atoms with van der Waals surface area (Å²) in [6.07, 6.45) is 13.7. The summed E-state index contributed by atoms with van der Waals surface area (Å²) in [6.45, 7) is 5.04. The third-order valence-corrected chi connectivity index (χ3v) is 9.74. The van der Waals surface area contributed by atoms with Crippen molar-refractivity contribution in [3.8, 4) is 0 Å². The van der Waals surface area contributed by atoms with Crippen LogP contribution in [0.15, 0.2) is 0 Å². The molecule has 8 atom stereocenters. The first-order chi connectivity index (χ1) is 12.4. The Morgan fingerprint density at radius 3 is 2.54 bits per heavy atom. The van der Waals surface area contributed by atoms with Gasteiger partial charge in [0.2, 0.25) is 0 Å². The summed E-state index contributed by atoms with van der Waals surface area (Å²) >= 11 is 0. The molecule has 4 fully saturated rings. The van der Waals surface area contributed by atoms with E-state index in [0.717, 1.165) is 25.2 Å². The average molecular weight is 363 g/mol. The van der Waals surface area contributed by atoms with E-state index in [-0.39, 0.29) is 6.10 Å². The van der Waals surface area contributed by atoms with Gasteiger partial charge in [0.25, 0.3) is 0 Å². The van der Waals surface area contributed by atoms with Crippen molar-refractivity contribution in [2.24, 2.45) is 40.4 Å². The first-order valence-corrected chi connectivity index (χ1v) is 11.3. The maximum absolute atomic E-state index is 11.2. The zero-order chi connectivity index (χ0) is 18.5. The van der Waals surface area contributed by atoms with E-state index in [1.165, 1.54) is 51.4 Å². The van der Waals surface area contributed by atoms with Crippen molar-refractivity contribution in [1.29, 1.82) is 0 Å². The normalized spacial score (nSPS) is 50.6. The van der Waals surface area contributed by atoms with Crippen LogP contribution in [0, 0.1) is 40.4 Å². The van der Waals surface area contributed by atoms with E-state index in [1.807, 2.05) is 0 Å². The molecule has 0 spiro atoms. The van der Waals surface area contributed by atoms with Crippen LogP contribution in [-0.4, -0.2) is 22.3 Å². The molecule has 4 aliphatic carbocycles. The Bertz CT molecular complexity index is 546. The Balaban J connectivity index is 1.53. The van der Waals surface area contributed by atoms with E-state index in [1.54, 1.807) is 0 Å². The minimum Gasteiger partial charge on any atom is -0.481 e. The van der Waals surface area contributed by atoms with E-state index in [9.17, 15) is 9.90 Å². The topological polar surface area (TPSA) is 57.5 Å². The van der Waals surface area contributed by atoms with E-state index in [0.29, 0.717) is 40.9 Å². The fourth-order valence-electron chi connectivity index (χ4n) is 8.34. The van der Waals surface area contributed by atoms with Crippen LogP contribution in [0.3, 0.4) is 0 Å². The number of aliphatic hydroxyl groups is 1. The molecule has 0 amide bonds. The first-order valence-electron chi connectivity index (χ1n) is 11.3. The van der Waals surface area contributed by atoms with Crippen LogP contribution in [0.5, 0.6) is 0 Å². The van der Waals surface area contributed by atoms with Gasteiger partial charge in [0.1, 0.15) is 0 Å². The number of hydrogen-bond acceptors (Lipinski definition) is 2. The number of carbonyl (C=O) groups is 1. The van der Waals surface area contributed by atoms with Crippen LogP contribution in [0.25, 0.3) is 0 Å². The Hall–Kier alpha value is -0.570. The van der Waals surface area contributed by atoms with E-state index in [2.05, 4.69) is 13.8 Å². The second-order valence-corrected chi connectivity index (χ2v) is 10.6. The highest BCUT2D eigenvalue weighted by Gasteiger charge is 2.61. The van der Waals surface area contributed by atoms with Gasteiger partial charge < -0.3 is 10.2 Å². The maximum Gasteiger partial charge on any atom is 0.303 e. The van der Waals surface area contributed by atoms with Crippen molar-refractivity contribution in [2.45, 2.75) is 97.0 Å². The monoisotopic (exact) mass is 362 g/mol. The third-order valence-electron chi connectivity index (χ3n) is 9.74. The minimum absolute atomic E-state index is 0.0985. The smallest absolute Gasteiger partial charge is 0.303 e. The highest BCUT2D eigenvalue weighted by molar-refractivity contribution is 5.66. The molecule has 3 unspecified atom stereocenters. The van der Waals surface area contributed by atoms with Crippen LogP contribution < -0.4 is 0 Å². The summed E-state index contributed by atoms with van der Waals surface area (Å²) < 4.78 is 0. The third kappa shape index (κ3) is 2.84. The quantitative estimate of drug-likeness (QED) is 0.717. The molecule has 148 valence electrons. The van der Waals surface area contributed by atoms with Crippen LogP contribution in [0.1, 0.15) is 90.9 Å². The molecule has 4 saturated carbocycles. The summed E-state index contributed by atoms with van der Waals surface area (Å²) in [5.41, 5.74) is 0.795. The Morgan fingerprint density at radius 2 is 1.77 bits per heavy atom. The predicted octanol–water partition coefficient (Wildman–Crippen LogP) is 5.26. The van der Waals surface area contributed by atoms with Gasteiger partial charge in [0, 0.05) is 6.42 Å². The van der Waals surface area contributed by atoms with Gasteiger partial charge in [-0.15, -0.1) is 0 Å². The summed E-state index contributed by atoms with van der Waals surface area (Å²) in [6, 6.07) is 0. The molecule has 4 rings (SSSR count). The molecule has 3 heteroatoms. The summed E-state index contributed by atoms with van der Waals surface area (Å²) in [5.74, 6) is 2.62. The van der Waals surface area contributed by atoms with Gasteiger partial charge >= 0.3 is 5.97 Å². The van der Waals surface area contributed by atoms with Gasteiger partial charge in [-0.25, -0.2) is 0 Å². The minimum atomic E-state index is -0.660. The van der Waals surface area contributed by atoms with E-state index in [4.69, 9.17) is 5.11 Å². The van der Waals surface area contributed by atoms with Crippen LogP contribution >= 0.6 is 0 Å². The van der Waals surface area contributed by atoms with Crippen molar-refractivity contribution in [1.82, 2.24) is 0 Å². The molecular weight excluding hydrogens is 324 g/mol. The van der Waals surface area contributed by atoms with Gasteiger partial charge in [-0.1, -0.05) is 26.7 Å². The first kappa shape index (κ1) is 18.8. The number of fused-ring (bicyclic) bond motifs is 5. The maximum atomic E-state index is 11.2. The molecule has 0 saturated heterocycles. The second-order valence-electron chi connectivity index (χ2n) is 10.6. The molecule has 0 aromatic carbocycles. The number of aliphatic carboxylic acids is 1. The van der Waals surface area contributed by atoms with E-state index < -0.39 is 5.97 Å². The van der Waals surface area contributed by atoms with Gasteiger partial charge in [0.05, 0.1) is 6.10 Å². The van der Waals surface area contributed by atoms with Gasteiger partial charge in [-0.05, 0) is 98.2 Å². The molecule has 0 aromatic heterocycles. The SMILES string of the molecule is C[C@]12CCC3[C@H](C1CCC2CCCC(=O)O)[C@@H](O)C[C@@H]1CCCC[C@]31C.